The van der Waals surface area contributed by atoms with Crippen LogP contribution in [0.15, 0.2) is 27.8 Å². The van der Waals surface area contributed by atoms with Crippen molar-refractivity contribution >= 4 is 29.9 Å². The monoisotopic (exact) mass is 506 g/mol. The fraction of sp³-hybridized carbons (Fsp3) is 0.762. The Morgan fingerprint density at radius 3 is 2.57 bits per heavy atom. The zero-order valence-electron chi connectivity index (χ0n) is 17.9. The van der Waals surface area contributed by atoms with Crippen LogP contribution in [0.4, 0.5) is 0 Å². The molecule has 28 heavy (non-hydrogen) atoms. The van der Waals surface area contributed by atoms with Gasteiger partial charge in [-0.25, -0.2) is 0 Å². The molecule has 0 amide bonds. The fourth-order valence-corrected chi connectivity index (χ4v) is 3.50. The maximum absolute atomic E-state index is 5.69. The molecule has 0 spiro atoms. The number of rotatable bonds is 11. The zero-order chi connectivity index (χ0) is 19.5. The molecule has 1 atom stereocenters. The Hall–Kier alpha value is -0.800. The first-order valence-corrected chi connectivity index (χ1v) is 10.5. The van der Waals surface area contributed by atoms with Gasteiger partial charge in [-0.2, -0.15) is 0 Å². The van der Waals surface area contributed by atoms with Gasteiger partial charge in [0.15, 0.2) is 5.96 Å². The lowest BCUT2D eigenvalue weighted by molar-refractivity contribution is 0.117. The van der Waals surface area contributed by atoms with Crippen LogP contribution in [0.25, 0.3) is 0 Å². The maximum atomic E-state index is 5.69. The molecule has 1 saturated heterocycles. The van der Waals surface area contributed by atoms with Gasteiger partial charge in [-0.3, -0.25) is 9.89 Å². The summed E-state index contributed by atoms with van der Waals surface area (Å²) in [5.41, 5.74) is 0. The van der Waals surface area contributed by atoms with E-state index in [-0.39, 0.29) is 30.1 Å². The van der Waals surface area contributed by atoms with Crippen LogP contribution < -0.4 is 10.6 Å². The summed E-state index contributed by atoms with van der Waals surface area (Å²) in [5, 5.41) is 6.91. The van der Waals surface area contributed by atoms with Gasteiger partial charge in [0.2, 0.25) is 0 Å². The van der Waals surface area contributed by atoms with E-state index in [4.69, 9.17) is 14.1 Å². The molecule has 162 valence electrons. The van der Waals surface area contributed by atoms with E-state index in [0.29, 0.717) is 12.1 Å². The summed E-state index contributed by atoms with van der Waals surface area (Å²) in [7, 11) is 0. The number of nitrogens with one attached hydrogen (secondary N) is 2. The molecular weight excluding hydrogens is 467 g/mol. The maximum Gasteiger partial charge on any atom is 0.191 e. The number of hydrogen-bond acceptors (Lipinski definition) is 4. The van der Waals surface area contributed by atoms with Crippen molar-refractivity contribution in [2.75, 3.05) is 32.8 Å². The summed E-state index contributed by atoms with van der Waals surface area (Å²) in [5.74, 6) is 1.86. The van der Waals surface area contributed by atoms with E-state index in [2.05, 4.69) is 43.2 Å². The molecule has 2 rings (SSSR count). The second kappa shape index (κ2) is 14.2. The molecule has 1 aromatic heterocycles. The molecule has 6 nitrogen and oxygen atoms in total. The van der Waals surface area contributed by atoms with Crippen molar-refractivity contribution < 1.29 is 9.15 Å². The number of halogens is 1. The lowest BCUT2D eigenvalue weighted by atomic mass is 10.2. The molecule has 0 saturated carbocycles. The van der Waals surface area contributed by atoms with Gasteiger partial charge in [-0.15, -0.1) is 24.0 Å². The van der Waals surface area contributed by atoms with Crippen molar-refractivity contribution in [3.8, 4) is 0 Å². The standard InChI is InChI=1S/C21H38N4O2.HI/c1-17(2)25(18(3)4)13-7-11-22-21(24-16-20-9-6-15-27-20)23-12-10-19-8-5-14-26-19;/h5,8,14,17-18,20H,6-7,9-13,15-16H2,1-4H3,(H2,22,23,24);1H. The average molecular weight is 506 g/mol. The van der Waals surface area contributed by atoms with E-state index < -0.39 is 0 Å². The predicted octanol–water partition coefficient (Wildman–Crippen LogP) is 3.66. The summed E-state index contributed by atoms with van der Waals surface area (Å²) < 4.78 is 11.1. The van der Waals surface area contributed by atoms with Crippen LogP contribution in [0.1, 0.15) is 52.7 Å². The Kier molecular flexibility index (Phi) is 12.8. The number of furan rings is 1. The van der Waals surface area contributed by atoms with Crippen molar-refractivity contribution in [3.63, 3.8) is 0 Å². The zero-order valence-corrected chi connectivity index (χ0v) is 20.3. The van der Waals surface area contributed by atoms with Gasteiger partial charge in [0.1, 0.15) is 5.76 Å². The molecule has 2 N–H and O–H groups in total. The van der Waals surface area contributed by atoms with Gasteiger partial charge < -0.3 is 19.8 Å². The molecule has 0 aromatic carbocycles. The number of nitrogens with zero attached hydrogens (tertiary/aromatic N) is 2. The van der Waals surface area contributed by atoms with Crippen molar-refractivity contribution in [3.05, 3.63) is 24.2 Å². The van der Waals surface area contributed by atoms with E-state index in [1.165, 1.54) is 0 Å². The Balaban J connectivity index is 0.00000392. The van der Waals surface area contributed by atoms with Gasteiger partial charge >= 0.3 is 0 Å². The summed E-state index contributed by atoms with van der Waals surface area (Å²) in [4.78, 5) is 7.26. The fourth-order valence-electron chi connectivity index (χ4n) is 3.50. The first-order valence-electron chi connectivity index (χ1n) is 10.5. The minimum atomic E-state index is 0. The topological polar surface area (TPSA) is 62.0 Å². The summed E-state index contributed by atoms with van der Waals surface area (Å²) in [6.45, 7) is 13.4. The summed E-state index contributed by atoms with van der Waals surface area (Å²) >= 11 is 0. The largest absolute Gasteiger partial charge is 0.469 e. The van der Waals surface area contributed by atoms with Gasteiger partial charge in [0.25, 0.3) is 0 Å². The molecular formula is C21H39IN4O2. The Labute approximate surface area is 187 Å². The quantitative estimate of drug-likeness (QED) is 0.208. The number of hydrogen-bond donors (Lipinski definition) is 2. The van der Waals surface area contributed by atoms with E-state index in [1.54, 1.807) is 6.26 Å². The molecule has 0 aliphatic carbocycles. The minimum Gasteiger partial charge on any atom is -0.469 e. The molecule has 1 aliphatic rings. The van der Waals surface area contributed by atoms with Crippen molar-refractivity contribution in [1.82, 2.24) is 15.5 Å². The Morgan fingerprint density at radius 2 is 1.96 bits per heavy atom. The van der Waals surface area contributed by atoms with Gasteiger partial charge in [0, 0.05) is 44.7 Å². The third-order valence-corrected chi connectivity index (χ3v) is 4.93. The van der Waals surface area contributed by atoms with Crippen molar-refractivity contribution in [2.24, 2.45) is 4.99 Å². The van der Waals surface area contributed by atoms with Crippen molar-refractivity contribution in [2.45, 2.75) is 71.6 Å². The summed E-state index contributed by atoms with van der Waals surface area (Å²) in [6, 6.07) is 5.08. The average Bonchev–Trinajstić information content (AvgIpc) is 3.32. The Bertz CT molecular complexity index is 521. The molecule has 2 heterocycles. The van der Waals surface area contributed by atoms with Crippen LogP contribution in [0.3, 0.4) is 0 Å². The van der Waals surface area contributed by atoms with Gasteiger partial charge in [-0.1, -0.05) is 0 Å². The van der Waals surface area contributed by atoms with E-state index >= 15 is 0 Å². The van der Waals surface area contributed by atoms with E-state index in [1.807, 2.05) is 12.1 Å². The lowest BCUT2D eigenvalue weighted by Crippen LogP contribution is -2.42. The summed E-state index contributed by atoms with van der Waals surface area (Å²) in [6.07, 6.45) is 6.19. The van der Waals surface area contributed by atoms with Crippen LogP contribution in [0, 0.1) is 0 Å². The second-order valence-electron chi connectivity index (χ2n) is 7.79. The number of ether oxygens (including phenoxy) is 1. The first kappa shape index (κ1) is 25.2. The van der Waals surface area contributed by atoms with Crippen LogP contribution in [0.2, 0.25) is 0 Å². The Morgan fingerprint density at radius 1 is 1.21 bits per heavy atom. The highest BCUT2D eigenvalue weighted by atomic mass is 127. The molecule has 1 fully saturated rings. The third-order valence-electron chi connectivity index (χ3n) is 4.93. The van der Waals surface area contributed by atoms with Crippen molar-refractivity contribution in [1.29, 1.82) is 0 Å². The lowest BCUT2D eigenvalue weighted by Gasteiger charge is -2.30. The normalized spacial score (nSPS) is 17.4. The second-order valence-corrected chi connectivity index (χ2v) is 7.79. The smallest absolute Gasteiger partial charge is 0.191 e. The SMILES string of the molecule is CC(C)N(CCCNC(=NCC1CCCO1)NCCc1ccco1)C(C)C.I. The molecule has 1 aromatic rings. The first-order chi connectivity index (χ1) is 13.1. The van der Waals surface area contributed by atoms with Crippen LogP contribution in [-0.2, 0) is 11.2 Å². The van der Waals surface area contributed by atoms with E-state index in [0.717, 1.165) is 70.2 Å². The molecule has 1 aliphatic heterocycles. The third kappa shape index (κ3) is 9.60. The van der Waals surface area contributed by atoms with Gasteiger partial charge in [-0.05, 0) is 59.1 Å². The van der Waals surface area contributed by atoms with Gasteiger partial charge in [0.05, 0.1) is 18.9 Å². The van der Waals surface area contributed by atoms with Crippen LogP contribution in [-0.4, -0.2) is 61.8 Å². The van der Waals surface area contributed by atoms with Crippen LogP contribution >= 0.6 is 24.0 Å². The highest BCUT2D eigenvalue weighted by Gasteiger charge is 2.15. The molecule has 1 unspecified atom stereocenters. The number of aliphatic imine (C=N–C) groups is 1. The predicted molar refractivity (Wildman–Crippen MR) is 127 cm³/mol. The van der Waals surface area contributed by atoms with Crippen LogP contribution in [0.5, 0.6) is 0 Å². The van der Waals surface area contributed by atoms with E-state index in [9.17, 15) is 0 Å². The minimum absolute atomic E-state index is 0. The highest BCUT2D eigenvalue weighted by Crippen LogP contribution is 2.11. The molecule has 0 radical (unpaired) electrons. The number of guanidine groups is 1. The molecule has 7 heteroatoms. The highest BCUT2D eigenvalue weighted by molar-refractivity contribution is 14.0. The molecule has 0 bridgehead atoms.